The van der Waals surface area contributed by atoms with Gasteiger partial charge in [-0.2, -0.15) is 0 Å². The molecule has 1 aromatic heterocycles. The fourth-order valence-corrected chi connectivity index (χ4v) is 1.92. The molecule has 0 aliphatic rings. The summed E-state index contributed by atoms with van der Waals surface area (Å²) in [5, 5.41) is 0. The number of rotatable bonds is 4. The van der Waals surface area contributed by atoms with Gasteiger partial charge in [-0.1, -0.05) is 0 Å². The van der Waals surface area contributed by atoms with Crippen LogP contribution in [0.15, 0.2) is 18.2 Å². The number of ether oxygens (including phenoxy) is 1. The zero-order valence-electron chi connectivity index (χ0n) is 11.5. The third-order valence-electron chi connectivity index (χ3n) is 2.81. The van der Waals surface area contributed by atoms with Crippen LogP contribution in [0.25, 0.3) is 11.4 Å². The minimum atomic E-state index is 0.532. The molecule has 0 atom stereocenters. The van der Waals surface area contributed by atoms with Crippen molar-refractivity contribution in [3.63, 3.8) is 0 Å². The summed E-state index contributed by atoms with van der Waals surface area (Å²) in [5.41, 5.74) is 7.56. The standard InChI is InChI=1S/C14H18N4O/c1-9-8-11(4-5-12(9)19-3)14-17-10(2)16-13(18-14)6-7-15/h4-5,8H,6-7,15H2,1-3H3. The van der Waals surface area contributed by atoms with E-state index in [2.05, 4.69) is 15.0 Å². The lowest BCUT2D eigenvalue weighted by Crippen LogP contribution is -2.09. The summed E-state index contributed by atoms with van der Waals surface area (Å²) >= 11 is 0. The molecule has 1 aromatic carbocycles. The van der Waals surface area contributed by atoms with Crippen LogP contribution in [-0.4, -0.2) is 28.6 Å². The van der Waals surface area contributed by atoms with E-state index in [1.807, 2.05) is 32.0 Å². The predicted octanol–water partition coefficient (Wildman–Crippen LogP) is 1.67. The zero-order valence-corrected chi connectivity index (χ0v) is 11.5. The van der Waals surface area contributed by atoms with Gasteiger partial charge in [0.05, 0.1) is 7.11 Å². The molecule has 2 aromatic rings. The number of aryl methyl sites for hydroxylation is 2. The predicted molar refractivity (Wildman–Crippen MR) is 74.0 cm³/mol. The molecule has 0 aliphatic heterocycles. The van der Waals surface area contributed by atoms with Gasteiger partial charge in [0.2, 0.25) is 0 Å². The first-order valence-corrected chi connectivity index (χ1v) is 6.20. The molecule has 5 nitrogen and oxygen atoms in total. The Kier molecular flexibility index (Phi) is 4.06. The Morgan fingerprint density at radius 1 is 1.16 bits per heavy atom. The minimum Gasteiger partial charge on any atom is -0.496 e. The minimum absolute atomic E-state index is 0.532. The van der Waals surface area contributed by atoms with Crippen molar-refractivity contribution in [2.75, 3.05) is 13.7 Å². The Balaban J connectivity index is 2.43. The van der Waals surface area contributed by atoms with Crippen molar-refractivity contribution in [3.8, 4) is 17.1 Å². The van der Waals surface area contributed by atoms with E-state index < -0.39 is 0 Å². The highest BCUT2D eigenvalue weighted by Crippen LogP contribution is 2.23. The second kappa shape index (κ2) is 5.75. The van der Waals surface area contributed by atoms with Gasteiger partial charge >= 0.3 is 0 Å². The molecule has 0 unspecified atom stereocenters. The highest BCUT2D eigenvalue weighted by atomic mass is 16.5. The molecule has 19 heavy (non-hydrogen) atoms. The molecule has 0 saturated carbocycles. The van der Waals surface area contributed by atoms with Crippen LogP contribution in [0.3, 0.4) is 0 Å². The lowest BCUT2D eigenvalue weighted by Gasteiger charge is -2.08. The Hall–Kier alpha value is -2.01. The van der Waals surface area contributed by atoms with Crippen LogP contribution in [0.1, 0.15) is 17.2 Å². The molecule has 0 bridgehead atoms. The Morgan fingerprint density at radius 3 is 2.58 bits per heavy atom. The van der Waals surface area contributed by atoms with E-state index in [-0.39, 0.29) is 0 Å². The average molecular weight is 258 g/mol. The van der Waals surface area contributed by atoms with Gasteiger partial charge in [-0.25, -0.2) is 15.0 Å². The number of nitrogens with two attached hydrogens (primary N) is 1. The molecule has 2 rings (SSSR count). The van der Waals surface area contributed by atoms with E-state index in [0.29, 0.717) is 24.6 Å². The first-order chi connectivity index (χ1) is 9.13. The van der Waals surface area contributed by atoms with Crippen LogP contribution in [0, 0.1) is 13.8 Å². The molecule has 0 fully saturated rings. The van der Waals surface area contributed by atoms with E-state index in [9.17, 15) is 0 Å². The summed E-state index contributed by atoms with van der Waals surface area (Å²) in [7, 11) is 1.66. The first kappa shape index (κ1) is 13.4. The van der Waals surface area contributed by atoms with Crippen LogP contribution in [0.2, 0.25) is 0 Å². The van der Waals surface area contributed by atoms with Crippen LogP contribution in [0.4, 0.5) is 0 Å². The van der Waals surface area contributed by atoms with Gasteiger partial charge in [0.25, 0.3) is 0 Å². The van der Waals surface area contributed by atoms with Crippen molar-refractivity contribution in [2.45, 2.75) is 20.3 Å². The number of hydrogen-bond donors (Lipinski definition) is 1. The maximum atomic E-state index is 5.54. The number of benzene rings is 1. The maximum Gasteiger partial charge on any atom is 0.163 e. The average Bonchev–Trinajstić information content (AvgIpc) is 2.38. The van der Waals surface area contributed by atoms with Crippen molar-refractivity contribution >= 4 is 0 Å². The lowest BCUT2D eigenvalue weighted by molar-refractivity contribution is 0.412. The van der Waals surface area contributed by atoms with Crippen LogP contribution in [-0.2, 0) is 6.42 Å². The molecule has 5 heteroatoms. The SMILES string of the molecule is COc1ccc(-c2nc(C)nc(CCN)n2)cc1C. The molecule has 0 amide bonds. The van der Waals surface area contributed by atoms with Crippen molar-refractivity contribution < 1.29 is 4.74 Å². The molecule has 100 valence electrons. The van der Waals surface area contributed by atoms with E-state index in [1.54, 1.807) is 7.11 Å². The van der Waals surface area contributed by atoms with Crippen molar-refractivity contribution in [3.05, 3.63) is 35.4 Å². The zero-order chi connectivity index (χ0) is 13.8. The van der Waals surface area contributed by atoms with Gasteiger partial charge in [0.1, 0.15) is 17.4 Å². The topological polar surface area (TPSA) is 73.9 Å². The third-order valence-corrected chi connectivity index (χ3v) is 2.81. The largest absolute Gasteiger partial charge is 0.496 e. The summed E-state index contributed by atoms with van der Waals surface area (Å²) in [6.45, 7) is 4.39. The fourth-order valence-electron chi connectivity index (χ4n) is 1.92. The lowest BCUT2D eigenvalue weighted by atomic mass is 10.1. The third kappa shape index (κ3) is 3.06. The quantitative estimate of drug-likeness (QED) is 0.903. The van der Waals surface area contributed by atoms with E-state index in [0.717, 1.165) is 22.7 Å². The molecule has 0 radical (unpaired) electrons. The highest BCUT2D eigenvalue weighted by Gasteiger charge is 2.08. The number of hydrogen-bond acceptors (Lipinski definition) is 5. The Bertz CT molecular complexity index is 584. The number of nitrogens with zero attached hydrogens (tertiary/aromatic N) is 3. The molecule has 1 heterocycles. The second-order valence-electron chi connectivity index (χ2n) is 4.35. The van der Waals surface area contributed by atoms with Gasteiger partial charge in [-0.05, 0) is 44.2 Å². The molecule has 0 aliphatic carbocycles. The number of methoxy groups -OCH3 is 1. The summed E-state index contributed by atoms with van der Waals surface area (Å²) in [6, 6.07) is 5.89. The monoisotopic (exact) mass is 258 g/mol. The van der Waals surface area contributed by atoms with Crippen molar-refractivity contribution in [1.82, 2.24) is 15.0 Å². The van der Waals surface area contributed by atoms with Crippen LogP contribution in [0.5, 0.6) is 5.75 Å². The molecule has 0 saturated heterocycles. The van der Waals surface area contributed by atoms with Crippen molar-refractivity contribution in [2.24, 2.45) is 5.73 Å². The molecule has 2 N–H and O–H groups in total. The second-order valence-corrected chi connectivity index (χ2v) is 4.35. The normalized spacial score (nSPS) is 10.5. The van der Waals surface area contributed by atoms with Crippen LogP contribution < -0.4 is 10.5 Å². The van der Waals surface area contributed by atoms with Gasteiger partial charge in [-0.3, -0.25) is 0 Å². The van der Waals surface area contributed by atoms with Crippen LogP contribution >= 0.6 is 0 Å². The van der Waals surface area contributed by atoms with Gasteiger partial charge in [0.15, 0.2) is 5.82 Å². The Morgan fingerprint density at radius 2 is 1.95 bits per heavy atom. The maximum absolute atomic E-state index is 5.54. The van der Waals surface area contributed by atoms with E-state index >= 15 is 0 Å². The van der Waals surface area contributed by atoms with Gasteiger partial charge in [0, 0.05) is 12.0 Å². The van der Waals surface area contributed by atoms with Crippen molar-refractivity contribution in [1.29, 1.82) is 0 Å². The molecule has 0 spiro atoms. The summed E-state index contributed by atoms with van der Waals surface area (Å²) in [5.74, 6) is 2.99. The fraction of sp³-hybridized carbons (Fsp3) is 0.357. The smallest absolute Gasteiger partial charge is 0.163 e. The van der Waals surface area contributed by atoms with Gasteiger partial charge < -0.3 is 10.5 Å². The van der Waals surface area contributed by atoms with E-state index in [4.69, 9.17) is 10.5 Å². The first-order valence-electron chi connectivity index (χ1n) is 6.20. The van der Waals surface area contributed by atoms with E-state index in [1.165, 1.54) is 0 Å². The van der Waals surface area contributed by atoms with Gasteiger partial charge in [-0.15, -0.1) is 0 Å². The molecular formula is C14H18N4O. The Labute approximate surface area is 112 Å². The summed E-state index contributed by atoms with van der Waals surface area (Å²) < 4.78 is 5.25. The highest BCUT2D eigenvalue weighted by molar-refractivity contribution is 5.58. The number of aromatic nitrogens is 3. The summed E-state index contributed by atoms with van der Waals surface area (Å²) in [6.07, 6.45) is 0.658. The summed E-state index contributed by atoms with van der Waals surface area (Å²) in [4.78, 5) is 13.1. The molecular weight excluding hydrogens is 240 g/mol.